The van der Waals surface area contributed by atoms with Crippen LogP contribution in [-0.2, 0) is 4.74 Å². The van der Waals surface area contributed by atoms with Crippen molar-refractivity contribution in [3.05, 3.63) is 64.2 Å². The number of thiophene rings is 1. The fourth-order valence-corrected chi connectivity index (χ4v) is 4.13. The Bertz CT molecular complexity index is 788. The molecule has 1 aromatic carbocycles. The maximum Gasteiger partial charge on any atom is 0.315 e. The van der Waals surface area contributed by atoms with E-state index in [1.54, 1.807) is 11.3 Å². The van der Waals surface area contributed by atoms with Crippen LogP contribution in [-0.4, -0.2) is 16.8 Å². The SMILES string of the molecule is CCC(Nc1nnc([C@@H]2CCO[C@H]2c2ccccc2)o1)c1cccs1. The van der Waals surface area contributed by atoms with E-state index < -0.39 is 0 Å². The van der Waals surface area contributed by atoms with Crippen LogP contribution in [0.4, 0.5) is 6.01 Å². The average Bonchev–Trinajstić information content (AvgIpc) is 3.41. The first-order valence-electron chi connectivity index (χ1n) is 8.65. The van der Waals surface area contributed by atoms with Crippen molar-refractivity contribution in [2.24, 2.45) is 0 Å². The summed E-state index contributed by atoms with van der Waals surface area (Å²) < 4.78 is 11.9. The van der Waals surface area contributed by atoms with Gasteiger partial charge >= 0.3 is 6.01 Å². The summed E-state index contributed by atoms with van der Waals surface area (Å²) in [6.45, 7) is 2.85. The molecule has 1 unspecified atom stereocenters. The number of hydrogen-bond donors (Lipinski definition) is 1. The van der Waals surface area contributed by atoms with Crippen LogP contribution < -0.4 is 5.32 Å². The predicted molar refractivity (Wildman–Crippen MR) is 97.8 cm³/mol. The number of nitrogens with one attached hydrogen (secondary N) is 1. The lowest BCUT2D eigenvalue weighted by molar-refractivity contribution is 0.100. The Morgan fingerprint density at radius 1 is 1.20 bits per heavy atom. The maximum absolute atomic E-state index is 5.94. The van der Waals surface area contributed by atoms with E-state index in [2.05, 4.69) is 52.1 Å². The van der Waals surface area contributed by atoms with E-state index in [0.717, 1.165) is 18.4 Å². The van der Waals surface area contributed by atoms with Crippen molar-refractivity contribution < 1.29 is 9.15 Å². The summed E-state index contributed by atoms with van der Waals surface area (Å²) >= 11 is 1.73. The predicted octanol–water partition coefficient (Wildman–Crippen LogP) is 4.94. The molecule has 3 aromatic rings. The molecule has 0 amide bonds. The van der Waals surface area contributed by atoms with Crippen LogP contribution in [0.3, 0.4) is 0 Å². The van der Waals surface area contributed by atoms with Crippen LogP contribution in [0.5, 0.6) is 0 Å². The van der Waals surface area contributed by atoms with Crippen molar-refractivity contribution in [1.82, 2.24) is 10.2 Å². The molecule has 2 aromatic heterocycles. The Morgan fingerprint density at radius 2 is 2.08 bits per heavy atom. The Morgan fingerprint density at radius 3 is 2.84 bits per heavy atom. The van der Waals surface area contributed by atoms with Crippen LogP contribution in [0.15, 0.2) is 52.3 Å². The zero-order valence-electron chi connectivity index (χ0n) is 14.1. The topological polar surface area (TPSA) is 60.2 Å². The van der Waals surface area contributed by atoms with E-state index in [4.69, 9.17) is 9.15 Å². The lowest BCUT2D eigenvalue weighted by atomic mass is 9.95. The van der Waals surface area contributed by atoms with Crippen molar-refractivity contribution in [2.75, 3.05) is 11.9 Å². The first-order chi connectivity index (χ1) is 12.3. The molecule has 0 spiro atoms. The molecule has 0 bridgehead atoms. The summed E-state index contributed by atoms with van der Waals surface area (Å²) in [5, 5.41) is 13.9. The molecule has 130 valence electrons. The van der Waals surface area contributed by atoms with E-state index in [-0.39, 0.29) is 18.1 Å². The molecule has 6 heteroatoms. The van der Waals surface area contributed by atoms with E-state index in [1.165, 1.54) is 4.88 Å². The highest BCUT2D eigenvalue weighted by Gasteiger charge is 2.35. The highest BCUT2D eigenvalue weighted by Crippen LogP contribution is 2.41. The largest absolute Gasteiger partial charge is 0.408 e. The third-order valence-corrected chi connectivity index (χ3v) is 5.56. The minimum absolute atomic E-state index is 0.0197. The molecule has 3 heterocycles. The van der Waals surface area contributed by atoms with Gasteiger partial charge in [-0.3, -0.25) is 0 Å². The van der Waals surface area contributed by atoms with E-state index in [1.807, 2.05) is 18.2 Å². The Balaban J connectivity index is 1.51. The van der Waals surface area contributed by atoms with Gasteiger partial charge in [-0.1, -0.05) is 48.4 Å². The molecule has 5 nitrogen and oxygen atoms in total. The van der Waals surface area contributed by atoms with Gasteiger partial charge in [0.15, 0.2) is 0 Å². The molecule has 1 aliphatic rings. The summed E-state index contributed by atoms with van der Waals surface area (Å²) in [5.74, 6) is 0.752. The Hall–Kier alpha value is -2.18. The first-order valence-corrected chi connectivity index (χ1v) is 9.53. The molecule has 4 rings (SSSR count). The fraction of sp³-hybridized carbons (Fsp3) is 0.368. The monoisotopic (exact) mass is 355 g/mol. The van der Waals surface area contributed by atoms with Gasteiger partial charge in [0, 0.05) is 11.5 Å². The number of benzene rings is 1. The van der Waals surface area contributed by atoms with Gasteiger partial charge in [-0.25, -0.2) is 0 Å². The van der Waals surface area contributed by atoms with Crippen LogP contribution in [0.1, 0.15) is 54.2 Å². The van der Waals surface area contributed by atoms with Gasteiger partial charge in [0.25, 0.3) is 0 Å². The van der Waals surface area contributed by atoms with Crippen molar-refractivity contribution >= 4 is 17.4 Å². The molecular formula is C19H21N3O2S. The van der Waals surface area contributed by atoms with Crippen molar-refractivity contribution in [3.63, 3.8) is 0 Å². The van der Waals surface area contributed by atoms with Crippen molar-refractivity contribution in [3.8, 4) is 0 Å². The van der Waals surface area contributed by atoms with Gasteiger partial charge in [-0.05, 0) is 29.9 Å². The van der Waals surface area contributed by atoms with E-state index in [9.17, 15) is 0 Å². The highest BCUT2D eigenvalue weighted by atomic mass is 32.1. The molecule has 25 heavy (non-hydrogen) atoms. The molecule has 1 saturated heterocycles. The van der Waals surface area contributed by atoms with Crippen LogP contribution in [0.2, 0.25) is 0 Å². The second-order valence-corrected chi connectivity index (χ2v) is 7.14. The molecule has 0 aliphatic carbocycles. The Kier molecular flexibility index (Phi) is 4.81. The quantitative estimate of drug-likeness (QED) is 0.679. The smallest absolute Gasteiger partial charge is 0.315 e. The highest BCUT2D eigenvalue weighted by molar-refractivity contribution is 7.10. The normalized spacial score (nSPS) is 21.3. The molecule has 1 fully saturated rings. The minimum atomic E-state index is -0.0197. The standard InChI is InChI=1S/C19H21N3O2S/c1-2-15(16-9-6-12-25-16)20-19-22-21-18(24-19)14-10-11-23-17(14)13-7-4-3-5-8-13/h3-9,12,14-15,17H,2,10-11H2,1H3,(H,20,22)/t14-,15?,17+/m1/s1. The van der Waals surface area contributed by atoms with Gasteiger partial charge < -0.3 is 14.5 Å². The number of nitrogens with zero attached hydrogens (tertiary/aromatic N) is 2. The van der Waals surface area contributed by atoms with Gasteiger partial charge in [0.05, 0.1) is 18.1 Å². The van der Waals surface area contributed by atoms with Gasteiger partial charge in [0.1, 0.15) is 0 Å². The van der Waals surface area contributed by atoms with Crippen LogP contribution >= 0.6 is 11.3 Å². The Labute approximate surface area is 151 Å². The third kappa shape index (κ3) is 3.45. The molecule has 1 aliphatic heterocycles. The molecule has 0 radical (unpaired) electrons. The number of rotatable bonds is 6. The lowest BCUT2D eigenvalue weighted by Gasteiger charge is -2.16. The second kappa shape index (κ2) is 7.37. The maximum atomic E-state index is 5.94. The van der Waals surface area contributed by atoms with E-state index >= 15 is 0 Å². The van der Waals surface area contributed by atoms with Gasteiger partial charge in [-0.15, -0.1) is 16.4 Å². The van der Waals surface area contributed by atoms with Crippen LogP contribution in [0, 0.1) is 0 Å². The van der Waals surface area contributed by atoms with Crippen LogP contribution in [0.25, 0.3) is 0 Å². The zero-order valence-corrected chi connectivity index (χ0v) is 14.9. The molecular weight excluding hydrogens is 334 g/mol. The summed E-state index contributed by atoms with van der Waals surface area (Å²) in [6, 6.07) is 15.1. The number of ether oxygens (including phenoxy) is 1. The van der Waals surface area contributed by atoms with Gasteiger partial charge in [-0.2, -0.15) is 0 Å². The second-order valence-electron chi connectivity index (χ2n) is 6.16. The molecule has 3 atom stereocenters. The van der Waals surface area contributed by atoms with Crippen molar-refractivity contribution in [2.45, 2.75) is 37.8 Å². The average molecular weight is 355 g/mol. The zero-order chi connectivity index (χ0) is 17.1. The van der Waals surface area contributed by atoms with E-state index in [0.29, 0.717) is 18.5 Å². The van der Waals surface area contributed by atoms with Crippen molar-refractivity contribution in [1.29, 1.82) is 0 Å². The molecule has 1 N–H and O–H groups in total. The fourth-order valence-electron chi connectivity index (χ4n) is 3.27. The number of anilines is 1. The number of hydrogen-bond acceptors (Lipinski definition) is 6. The summed E-state index contributed by atoms with van der Waals surface area (Å²) in [4.78, 5) is 1.27. The lowest BCUT2D eigenvalue weighted by Crippen LogP contribution is -2.08. The third-order valence-electron chi connectivity index (χ3n) is 4.57. The number of aromatic nitrogens is 2. The first kappa shape index (κ1) is 16.3. The minimum Gasteiger partial charge on any atom is -0.408 e. The van der Waals surface area contributed by atoms with Gasteiger partial charge in [0.2, 0.25) is 5.89 Å². The summed E-state index contributed by atoms with van der Waals surface area (Å²) in [5.41, 5.74) is 1.16. The summed E-state index contributed by atoms with van der Waals surface area (Å²) in [6.07, 6.45) is 1.83. The molecule has 0 saturated carbocycles. The summed E-state index contributed by atoms with van der Waals surface area (Å²) in [7, 11) is 0.